The van der Waals surface area contributed by atoms with Crippen molar-refractivity contribution >= 4 is 5.97 Å². The average Bonchev–Trinajstić information content (AvgIpc) is 2.75. The summed E-state index contributed by atoms with van der Waals surface area (Å²) in [5.74, 6) is 0.290. The summed E-state index contributed by atoms with van der Waals surface area (Å²) in [5.41, 5.74) is 0.566. The summed E-state index contributed by atoms with van der Waals surface area (Å²) in [4.78, 5) is 13.7. The van der Waals surface area contributed by atoms with Crippen LogP contribution < -0.4 is 0 Å². The number of carboxylic acid groups (broad SMARTS) is 1. The van der Waals surface area contributed by atoms with Gasteiger partial charge < -0.3 is 9.52 Å². The number of carboxylic acids is 1. The molecule has 1 aliphatic heterocycles. The Hall–Kier alpha value is -1.29. The molecule has 1 atom stereocenters. The minimum Gasteiger partial charge on any atom is -0.481 e. The van der Waals surface area contributed by atoms with Crippen LogP contribution in [0, 0.1) is 12.3 Å². The van der Waals surface area contributed by atoms with Gasteiger partial charge in [0.1, 0.15) is 5.76 Å². The van der Waals surface area contributed by atoms with E-state index in [0.29, 0.717) is 19.5 Å². The third kappa shape index (κ3) is 2.43. The Kier molecular flexibility index (Phi) is 3.76. The molecule has 0 saturated carbocycles. The third-order valence-corrected chi connectivity index (χ3v) is 4.12. The van der Waals surface area contributed by atoms with Crippen LogP contribution in [0.5, 0.6) is 0 Å². The molecule has 1 fully saturated rings. The predicted octanol–water partition coefficient (Wildman–Crippen LogP) is 2.66. The van der Waals surface area contributed by atoms with Gasteiger partial charge >= 0.3 is 5.97 Å². The Labute approximate surface area is 108 Å². The number of hydrogen-bond donors (Lipinski definition) is 1. The monoisotopic (exact) mass is 251 g/mol. The number of nitrogens with zero attached hydrogens (tertiary/aromatic N) is 1. The Balaban J connectivity index is 2.07. The van der Waals surface area contributed by atoms with E-state index in [2.05, 4.69) is 4.90 Å². The highest BCUT2D eigenvalue weighted by Crippen LogP contribution is 2.34. The molecule has 4 heteroatoms. The standard InChI is InChI=1S/C14H21NO3/c1-3-14(13(16)17)6-4-7-15(10-14)9-12-11(2)5-8-18-12/h5,8H,3-4,6-7,9-10H2,1-2H3,(H,16,17). The Bertz CT molecular complexity index is 426. The van der Waals surface area contributed by atoms with Gasteiger partial charge in [0.25, 0.3) is 0 Å². The molecule has 0 amide bonds. The summed E-state index contributed by atoms with van der Waals surface area (Å²) in [5, 5.41) is 9.44. The zero-order valence-electron chi connectivity index (χ0n) is 11.1. The maximum absolute atomic E-state index is 11.5. The van der Waals surface area contributed by atoms with E-state index in [4.69, 9.17) is 4.42 Å². The molecule has 0 bridgehead atoms. The highest BCUT2D eigenvalue weighted by Gasteiger charge is 2.40. The second-order valence-electron chi connectivity index (χ2n) is 5.28. The molecule has 1 saturated heterocycles. The van der Waals surface area contributed by atoms with E-state index in [1.54, 1.807) is 6.26 Å². The lowest BCUT2D eigenvalue weighted by atomic mass is 9.77. The van der Waals surface area contributed by atoms with E-state index in [9.17, 15) is 9.90 Å². The summed E-state index contributed by atoms with van der Waals surface area (Å²) >= 11 is 0. The van der Waals surface area contributed by atoms with Crippen LogP contribution in [0.2, 0.25) is 0 Å². The molecule has 0 radical (unpaired) electrons. The number of furan rings is 1. The van der Waals surface area contributed by atoms with Crippen LogP contribution in [0.15, 0.2) is 16.7 Å². The van der Waals surface area contributed by atoms with Crippen LogP contribution >= 0.6 is 0 Å². The first-order valence-electron chi connectivity index (χ1n) is 6.56. The molecule has 0 aromatic carbocycles. The predicted molar refractivity (Wildman–Crippen MR) is 68.3 cm³/mol. The zero-order valence-corrected chi connectivity index (χ0v) is 11.1. The molecule has 0 spiro atoms. The second-order valence-corrected chi connectivity index (χ2v) is 5.28. The molecule has 2 rings (SSSR count). The summed E-state index contributed by atoms with van der Waals surface area (Å²) in [6.07, 6.45) is 4.11. The van der Waals surface area contributed by atoms with Crippen LogP contribution in [-0.2, 0) is 11.3 Å². The van der Waals surface area contributed by atoms with Gasteiger partial charge in [-0.25, -0.2) is 0 Å². The minimum atomic E-state index is -0.661. The van der Waals surface area contributed by atoms with E-state index in [1.807, 2.05) is 19.9 Å². The lowest BCUT2D eigenvalue weighted by Gasteiger charge is -2.39. The van der Waals surface area contributed by atoms with Gasteiger partial charge in [-0.1, -0.05) is 6.92 Å². The maximum Gasteiger partial charge on any atom is 0.310 e. The molecular formula is C14H21NO3. The second kappa shape index (κ2) is 5.14. The van der Waals surface area contributed by atoms with Crippen LogP contribution in [0.4, 0.5) is 0 Å². The SMILES string of the molecule is CCC1(C(=O)O)CCCN(Cc2occc2C)C1. The summed E-state index contributed by atoms with van der Waals surface area (Å²) < 4.78 is 5.44. The van der Waals surface area contributed by atoms with Gasteiger partial charge in [0.05, 0.1) is 18.2 Å². The van der Waals surface area contributed by atoms with Crippen molar-refractivity contribution in [1.82, 2.24) is 4.90 Å². The van der Waals surface area contributed by atoms with E-state index >= 15 is 0 Å². The number of carbonyl (C=O) groups is 1. The van der Waals surface area contributed by atoms with Gasteiger partial charge in [-0.15, -0.1) is 0 Å². The van der Waals surface area contributed by atoms with Crippen LogP contribution in [0.25, 0.3) is 0 Å². The summed E-state index contributed by atoms with van der Waals surface area (Å²) in [6.45, 7) is 6.28. The maximum atomic E-state index is 11.5. The van der Waals surface area contributed by atoms with E-state index in [1.165, 1.54) is 0 Å². The molecule has 0 aliphatic carbocycles. The Morgan fingerprint density at radius 3 is 2.94 bits per heavy atom. The van der Waals surface area contributed by atoms with Crippen LogP contribution in [-0.4, -0.2) is 29.1 Å². The highest BCUT2D eigenvalue weighted by atomic mass is 16.4. The molecule has 2 heterocycles. The number of piperidine rings is 1. The molecule has 1 aliphatic rings. The fourth-order valence-corrected chi connectivity index (χ4v) is 2.75. The molecular weight excluding hydrogens is 230 g/mol. The lowest BCUT2D eigenvalue weighted by molar-refractivity contribution is -0.153. The van der Waals surface area contributed by atoms with Crippen molar-refractivity contribution in [2.45, 2.75) is 39.7 Å². The molecule has 100 valence electrons. The fraction of sp³-hybridized carbons (Fsp3) is 0.643. The molecule has 4 nitrogen and oxygen atoms in total. The van der Waals surface area contributed by atoms with Gasteiger partial charge in [0, 0.05) is 6.54 Å². The van der Waals surface area contributed by atoms with E-state index in [-0.39, 0.29) is 0 Å². The number of aliphatic carboxylic acids is 1. The number of hydrogen-bond acceptors (Lipinski definition) is 3. The number of rotatable bonds is 4. The van der Waals surface area contributed by atoms with Crippen molar-refractivity contribution in [3.8, 4) is 0 Å². The van der Waals surface area contributed by atoms with Gasteiger partial charge in [0.15, 0.2) is 0 Å². The van der Waals surface area contributed by atoms with E-state index in [0.717, 1.165) is 30.7 Å². The first kappa shape index (κ1) is 13.1. The van der Waals surface area contributed by atoms with Gasteiger partial charge in [-0.3, -0.25) is 9.69 Å². The quantitative estimate of drug-likeness (QED) is 0.893. The normalized spacial score (nSPS) is 25.2. The fourth-order valence-electron chi connectivity index (χ4n) is 2.75. The molecule has 1 N–H and O–H groups in total. The van der Waals surface area contributed by atoms with Gasteiger partial charge in [-0.05, 0) is 44.4 Å². The van der Waals surface area contributed by atoms with Crippen molar-refractivity contribution in [3.63, 3.8) is 0 Å². The average molecular weight is 251 g/mol. The van der Waals surface area contributed by atoms with Crippen molar-refractivity contribution < 1.29 is 14.3 Å². The van der Waals surface area contributed by atoms with Crippen molar-refractivity contribution in [2.24, 2.45) is 5.41 Å². The molecule has 18 heavy (non-hydrogen) atoms. The van der Waals surface area contributed by atoms with Crippen LogP contribution in [0.3, 0.4) is 0 Å². The van der Waals surface area contributed by atoms with Crippen molar-refractivity contribution in [3.05, 3.63) is 23.7 Å². The molecule has 1 unspecified atom stereocenters. The first-order chi connectivity index (χ1) is 8.57. The van der Waals surface area contributed by atoms with Crippen LogP contribution in [0.1, 0.15) is 37.5 Å². The smallest absolute Gasteiger partial charge is 0.310 e. The molecule has 1 aromatic heterocycles. The largest absolute Gasteiger partial charge is 0.481 e. The highest BCUT2D eigenvalue weighted by molar-refractivity contribution is 5.75. The van der Waals surface area contributed by atoms with Gasteiger partial charge in [0.2, 0.25) is 0 Å². The van der Waals surface area contributed by atoms with Gasteiger partial charge in [-0.2, -0.15) is 0 Å². The Morgan fingerprint density at radius 2 is 2.39 bits per heavy atom. The number of aryl methyl sites for hydroxylation is 1. The Morgan fingerprint density at radius 1 is 1.61 bits per heavy atom. The molecule has 1 aromatic rings. The van der Waals surface area contributed by atoms with Crippen molar-refractivity contribution in [1.29, 1.82) is 0 Å². The zero-order chi connectivity index (χ0) is 13.2. The summed E-state index contributed by atoms with van der Waals surface area (Å²) in [6, 6.07) is 1.95. The lowest BCUT2D eigenvalue weighted by Crippen LogP contribution is -2.47. The minimum absolute atomic E-state index is 0.571. The summed E-state index contributed by atoms with van der Waals surface area (Å²) in [7, 11) is 0. The first-order valence-corrected chi connectivity index (χ1v) is 6.56. The third-order valence-electron chi connectivity index (χ3n) is 4.12. The van der Waals surface area contributed by atoms with Crippen molar-refractivity contribution in [2.75, 3.05) is 13.1 Å². The van der Waals surface area contributed by atoms with E-state index < -0.39 is 11.4 Å². The number of likely N-dealkylation sites (tertiary alicyclic amines) is 1. The topological polar surface area (TPSA) is 53.7 Å².